The first-order valence-corrected chi connectivity index (χ1v) is 6.21. The number of hydrogen-bond acceptors (Lipinski definition) is 4. The molecule has 1 N–H and O–H groups in total. The molecule has 18 heavy (non-hydrogen) atoms. The van der Waals surface area contributed by atoms with Crippen LogP contribution >= 0.6 is 12.4 Å². The van der Waals surface area contributed by atoms with Crippen molar-refractivity contribution in [2.45, 2.75) is 71.3 Å². The highest BCUT2D eigenvalue weighted by molar-refractivity contribution is 5.85. The number of ether oxygens (including phenoxy) is 2. The number of carbonyl (C=O) groups excluding carboxylic acids is 1. The third-order valence-electron chi connectivity index (χ3n) is 2.30. The van der Waals surface area contributed by atoms with E-state index in [0.717, 1.165) is 0 Å². The van der Waals surface area contributed by atoms with Crippen LogP contribution in [0, 0.1) is 0 Å². The molecule has 0 aliphatic carbocycles. The molecule has 0 saturated carbocycles. The molecule has 4 nitrogen and oxygen atoms in total. The number of carbonyl (C=O) groups is 1. The van der Waals surface area contributed by atoms with Crippen LogP contribution in [0.5, 0.6) is 0 Å². The van der Waals surface area contributed by atoms with Gasteiger partial charge >= 0.3 is 5.97 Å². The van der Waals surface area contributed by atoms with Gasteiger partial charge < -0.3 is 14.8 Å². The minimum absolute atomic E-state index is 0. The highest BCUT2D eigenvalue weighted by atomic mass is 35.5. The van der Waals surface area contributed by atoms with Gasteiger partial charge in [-0.15, -0.1) is 12.4 Å². The molecule has 1 aliphatic heterocycles. The predicted octanol–water partition coefficient (Wildman–Crippen LogP) is 2.30. The summed E-state index contributed by atoms with van der Waals surface area (Å²) in [6, 6.07) is -0.235. The van der Waals surface area contributed by atoms with E-state index in [1.165, 1.54) is 0 Å². The molecule has 0 radical (unpaired) electrons. The van der Waals surface area contributed by atoms with Gasteiger partial charge in [-0.1, -0.05) is 0 Å². The minimum Gasteiger partial charge on any atom is -0.459 e. The largest absolute Gasteiger partial charge is 0.459 e. The molecule has 2 atom stereocenters. The first kappa shape index (κ1) is 17.7. The van der Waals surface area contributed by atoms with E-state index in [2.05, 4.69) is 5.32 Å². The number of hydrogen-bond donors (Lipinski definition) is 1. The lowest BCUT2D eigenvalue weighted by Gasteiger charge is -2.24. The number of halogens is 1. The molecule has 0 amide bonds. The Morgan fingerprint density at radius 1 is 1.11 bits per heavy atom. The van der Waals surface area contributed by atoms with Gasteiger partial charge in [-0.3, -0.25) is 4.79 Å². The van der Waals surface area contributed by atoms with Gasteiger partial charge in [-0.2, -0.15) is 0 Å². The van der Waals surface area contributed by atoms with Gasteiger partial charge in [0.15, 0.2) is 0 Å². The Morgan fingerprint density at radius 3 is 2.11 bits per heavy atom. The van der Waals surface area contributed by atoms with E-state index >= 15 is 0 Å². The van der Waals surface area contributed by atoms with E-state index in [1.807, 2.05) is 41.5 Å². The average molecular weight is 280 g/mol. The van der Waals surface area contributed by atoms with Crippen molar-refractivity contribution in [3.8, 4) is 0 Å². The van der Waals surface area contributed by atoms with Crippen molar-refractivity contribution >= 4 is 18.4 Å². The van der Waals surface area contributed by atoms with Gasteiger partial charge in [-0.05, 0) is 41.5 Å². The van der Waals surface area contributed by atoms with Crippen LogP contribution in [0.15, 0.2) is 0 Å². The molecule has 1 rings (SSSR count). The third kappa shape index (κ3) is 6.57. The van der Waals surface area contributed by atoms with Crippen LogP contribution in [-0.2, 0) is 14.3 Å². The minimum atomic E-state index is -0.429. The quantitative estimate of drug-likeness (QED) is 0.788. The molecule has 0 aromatic rings. The lowest BCUT2D eigenvalue weighted by molar-refractivity contribution is -0.157. The van der Waals surface area contributed by atoms with E-state index < -0.39 is 5.60 Å². The summed E-state index contributed by atoms with van der Waals surface area (Å²) in [5.41, 5.74) is -0.600. The van der Waals surface area contributed by atoms with Crippen LogP contribution in [0.3, 0.4) is 0 Å². The van der Waals surface area contributed by atoms with Crippen LogP contribution in [0.1, 0.15) is 48.0 Å². The van der Waals surface area contributed by atoms with Crippen molar-refractivity contribution in [1.29, 1.82) is 0 Å². The zero-order valence-electron chi connectivity index (χ0n) is 12.2. The lowest BCUT2D eigenvalue weighted by Crippen LogP contribution is -2.37. The van der Waals surface area contributed by atoms with Gasteiger partial charge in [0.2, 0.25) is 0 Å². The molecule has 0 bridgehead atoms. The Balaban J connectivity index is 0.00000289. The first-order chi connectivity index (χ1) is 7.57. The maximum absolute atomic E-state index is 11.8. The van der Waals surface area contributed by atoms with Crippen LogP contribution in [0.2, 0.25) is 0 Å². The SMILES string of the molecule is CC(C)(C)OC(=O)[C@H]1C[C@H](OC(C)(C)C)CN1.Cl. The summed E-state index contributed by atoms with van der Waals surface area (Å²) < 4.78 is 11.2. The Labute approximate surface area is 116 Å². The van der Waals surface area contributed by atoms with Gasteiger partial charge in [0.1, 0.15) is 11.6 Å². The van der Waals surface area contributed by atoms with Crippen molar-refractivity contribution in [3.05, 3.63) is 0 Å². The Bertz CT molecular complexity index is 281. The van der Waals surface area contributed by atoms with E-state index in [9.17, 15) is 4.79 Å². The van der Waals surface area contributed by atoms with Crippen LogP contribution < -0.4 is 5.32 Å². The highest BCUT2D eigenvalue weighted by Crippen LogP contribution is 2.20. The van der Waals surface area contributed by atoms with Gasteiger partial charge in [0.05, 0.1) is 11.7 Å². The zero-order valence-corrected chi connectivity index (χ0v) is 13.0. The van der Waals surface area contributed by atoms with Crippen molar-refractivity contribution < 1.29 is 14.3 Å². The summed E-state index contributed by atoms with van der Waals surface area (Å²) in [5.74, 6) is -0.183. The molecule has 1 aliphatic rings. The van der Waals surface area contributed by atoms with E-state index in [0.29, 0.717) is 13.0 Å². The molecule has 1 saturated heterocycles. The third-order valence-corrected chi connectivity index (χ3v) is 2.30. The van der Waals surface area contributed by atoms with Crippen molar-refractivity contribution in [2.24, 2.45) is 0 Å². The second-order valence-electron chi connectivity index (χ2n) is 6.58. The number of esters is 1. The molecule has 108 valence electrons. The highest BCUT2D eigenvalue weighted by Gasteiger charge is 2.34. The van der Waals surface area contributed by atoms with Crippen molar-refractivity contribution in [1.82, 2.24) is 5.32 Å². The van der Waals surface area contributed by atoms with Crippen LogP contribution in [0.4, 0.5) is 0 Å². The van der Waals surface area contributed by atoms with E-state index in [4.69, 9.17) is 9.47 Å². The fourth-order valence-electron chi connectivity index (χ4n) is 1.85. The van der Waals surface area contributed by atoms with Gasteiger partial charge in [-0.25, -0.2) is 0 Å². The molecular weight excluding hydrogens is 254 g/mol. The second-order valence-corrected chi connectivity index (χ2v) is 6.58. The van der Waals surface area contributed by atoms with Gasteiger partial charge in [0.25, 0.3) is 0 Å². The van der Waals surface area contributed by atoms with E-state index in [-0.39, 0.29) is 36.1 Å². The Kier molecular flexibility index (Phi) is 6.11. The van der Waals surface area contributed by atoms with Gasteiger partial charge in [0, 0.05) is 13.0 Å². The normalized spacial score (nSPS) is 24.6. The molecule has 1 fully saturated rings. The first-order valence-electron chi connectivity index (χ1n) is 6.21. The summed E-state index contributed by atoms with van der Waals surface area (Å²) in [4.78, 5) is 11.8. The zero-order chi connectivity index (χ0) is 13.3. The predicted molar refractivity (Wildman–Crippen MR) is 74.1 cm³/mol. The topological polar surface area (TPSA) is 47.6 Å². The average Bonchev–Trinajstić information content (AvgIpc) is 2.45. The number of nitrogens with one attached hydrogen (secondary N) is 1. The summed E-state index contributed by atoms with van der Waals surface area (Å²) in [6.07, 6.45) is 0.777. The molecule has 1 heterocycles. The lowest BCUT2D eigenvalue weighted by atomic mass is 10.1. The molecule has 5 heteroatoms. The summed E-state index contributed by atoms with van der Waals surface area (Å²) in [5, 5.41) is 3.15. The second kappa shape index (κ2) is 6.22. The van der Waals surface area contributed by atoms with Crippen molar-refractivity contribution in [3.63, 3.8) is 0 Å². The molecular formula is C13H26ClNO3. The summed E-state index contributed by atoms with van der Waals surface area (Å²) in [6.45, 7) is 12.4. The molecule has 0 aromatic heterocycles. The Hall–Kier alpha value is -0.320. The fourth-order valence-corrected chi connectivity index (χ4v) is 1.85. The van der Waals surface area contributed by atoms with Crippen LogP contribution in [-0.4, -0.2) is 35.9 Å². The molecule has 0 unspecified atom stereocenters. The molecule has 0 spiro atoms. The van der Waals surface area contributed by atoms with Crippen LogP contribution in [0.25, 0.3) is 0 Å². The fraction of sp³-hybridized carbons (Fsp3) is 0.923. The maximum Gasteiger partial charge on any atom is 0.323 e. The smallest absolute Gasteiger partial charge is 0.323 e. The molecule has 0 aromatic carbocycles. The van der Waals surface area contributed by atoms with E-state index in [1.54, 1.807) is 0 Å². The van der Waals surface area contributed by atoms with Crippen molar-refractivity contribution in [2.75, 3.05) is 6.54 Å². The number of rotatable bonds is 2. The standard InChI is InChI=1S/C13H25NO3.ClH/c1-12(2,3)16-9-7-10(14-8-9)11(15)17-13(4,5)6;/h9-10,14H,7-8H2,1-6H3;1H/t9-,10+;/m0./s1. The Morgan fingerprint density at radius 2 is 1.67 bits per heavy atom. The summed E-state index contributed by atoms with van der Waals surface area (Å²) >= 11 is 0. The maximum atomic E-state index is 11.8. The monoisotopic (exact) mass is 279 g/mol. The summed E-state index contributed by atoms with van der Waals surface area (Å²) in [7, 11) is 0.